The van der Waals surface area contributed by atoms with Crippen molar-refractivity contribution in [2.45, 2.75) is 56.3 Å². The quantitative estimate of drug-likeness (QED) is 0.718. The van der Waals surface area contributed by atoms with Crippen LogP contribution in [0.25, 0.3) is 11.4 Å². The van der Waals surface area contributed by atoms with E-state index in [-0.39, 0.29) is 24.0 Å². The van der Waals surface area contributed by atoms with Crippen LogP contribution in [0.1, 0.15) is 39.0 Å². The van der Waals surface area contributed by atoms with E-state index in [2.05, 4.69) is 27.0 Å². The summed E-state index contributed by atoms with van der Waals surface area (Å²) in [5.74, 6) is 1.68. The number of nitrogens with zero attached hydrogens (tertiary/aromatic N) is 5. The number of carbonyl (C=O) groups excluding carboxylic acids is 1. The van der Waals surface area contributed by atoms with E-state index in [1.54, 1.807) is 24.2 Å². The molecule has 0 saturated carbocycles. The van der Waals surface area contributed by atoms with Crippen LogP contribution in [-0.2, 0) is 11.8 Å². The molecule has 8 heteroatoms. The van der Waals surface area contributed by atoms with Crippen molar-refractivity contribution in [2.24, 2.45) is 12.5 Å². The molecule has 150 valence electrons. The maximum atomic E-state index is 12.9. The van der Waals surface area contributed by atoms with Gasteiger partial charge in [-0.05, 0) is 37.8 Å². The predicted octanol–water partition coefficient (Wildman–Crippen LogP) is 2.51. The Kier molecular flexibility index (Phi) is 5.42. The fraction of sp³-hybridized carbons (Fsp3) is 0.600. The minimum Gasteiger partial charge on any atom is -0.396 e. The molecule has 2 aromatic rings. The molecular formula is C20H27N5O2S. The van der Waals surface area contributed by atoms with E-state index in [0.717, 1.165) is 42.2 Å². The van der Waals surface area contributed by atoms with Gasteiger partial charge in [-0.3, -0.25) is 9.78 Å². The molecule has 0 spiro atoms. The van der Waals surface area contributed by atoms with E-state index < -0.39 is 0 Å². The molecule has 7 nitrogen and oxygen atoms in total. The summed E-state index contributed by atoms with van der Waals surface area (Å²) in [4.78, 5) is 19.0. The van der Waals surface area contributed by atoms with E-state index in [9.17, 15) is 9.90 Å². The van der Waals surface area contributed by atoms with Crippen molar-refractivity contribution in [3.63, 3.8) is 0 Å². The Morgan fingerprint density at radius 1 is 1.32 bits per heavy atom. The second-order valence-electron chi connectivity index (χ2n) is 7.83. The van der Waals surface area contributed by atoms with Crippen LogP contribution in [0, 0.1) is 5.41 Å². The summed E-state index contributed by atoms with van der Waals surface area (Å²) < 4.78 is 1.96. The summed E-state index contributed by atoms with van der Waals surface area (Å²) in [5.41, 5.74) is 0.885. The van der Waals surface area contributed by atoms with Crippen LogP contribution in [-0.4, -0.2) is 60.1 Å². The average molecular weight is 402 g/mol. The third kappa shape index (κ3) is 3.22. The number of hydrogen-bond donors (Lipinski definition) is 1. The third-order valence-corrected chi connectivity index (χ3v) is 7.50. The van der Waals surface area contributed by atoms with Crippen LogP contribution in [0.2, 0.25) is 0 Å². The summed E-state index contributed by atoms with van der Waals surface area (Å²) in [5, 5.41) is 19.3. The number of aliphatic hydroxyl groups is 1. The first-order chi connectivity index (χ1) is 13.6. The number of pyridine rings is 1. The third-order valence-electron chi connectivity index (χ3n) is 6.48. The van der Waals surface area contributed by atoms with E-state index in [4.69, 9.17) is 0 Å². The van der Waals surface area contributed by atoms with Crippen molar-refractivity contribution < 1.29 is 9.90 Å². The minimum absolute atomic E-state index is 0.0885. The highest BCUT2D eigenvalue weighted by Crippen LogP contribution is 2.51. The number of carbonyl (C=O) groups is 1. The van der Waals surface area contributed by atoms with E-state index >= 15 is 0 Å². The molecule has 4 heterocycles. The van der Waals surface area contributed by atoms with Gasteiger partial charge in [0.1, 0.15) is 0 Å². The molecule has 2 aromatic heterocycles. The maximum absolute atomic E-state index is 12.9. The van der Waals surface area contributed by atoms with Gasteiger partial charge in [-0.25, -0.2) is 0 Å². The van der Waals surface area contributed by atoms with Crippen molar-refractivity contribution in [3.8, 4) is 11.4 Å². The molecule has 2 aliphatic heterocycles. The largest absolute Gasteiger partial charge is 0.396 e. The lowest BCUT2D eigenvalue weighted by Gasteiger charge is -2.34. The molecule has 0 aliphatic carbocycles. The zero-order valence-corrected chi connectivity index (χ0v) is 17.2. The fourth-order valence-electron chi connectivity index (χ4n) is 4.88. The van der Waals surface area contributed by atoms with Crippen LogP contribution in [0.4, 0.5) is 0 Å². The van der Waals surface area contributed by atoms with Gasteiger partial charge in [-0.1, -0.05) is 18.7 Å². The van der Waals surface area contributed by atoms with Gasteiger partial charge in [0, 0.05) is 54.7 Å². The lowest BCUT2D eigenvalue weighted by molar-refractivity contribution is -0.132. The predicted molar refractivity (Wildman–Crippen MR) is 108 cm³/mol. The summed E-state index contributed by atoms with van der Waals surface area (Å²) in [7, 11) is 1.94. The summed E-state index contributed by atoms with van der Waals surface area (Å²) in [6.45, 7) is 2.31. The van der Waals surface area contributed by atoms with Gasteiger partial charge >= 0.3 is 0 Å². The smallest absolute Gasteiger partial charge is 0.223 e. The molecule has 2 bridgehead atoms. The number of rotatable bonds is 7. The number of aliphatic hydroxyl groups excluding tert-OH is 1. The van der Waals surface area contributed by atoms with Gasteiger partial charge in [-0.2, -0.15) is 0 Å². The second-order valence-corrected chi connectivity index (χ2v) is 8.89. The topological polar surface area (TPSA) is 84.1 Å². The fourth-order valence-corrected chi connectivity index (χ4v) is 5.72. The van der Waals surface area contributed by atoms with Crippen LogP contribution < -0.4 is 0 Å². The number of hydrogen-bond acceptors (Lipinski definition) is 6. The van der Waals surface area contributed by atoms with Crippen LogP contribution in [0.5, 0.6) is 0 Å². The number of amides is 1. The van der Waals surface area contributed by atoms with Crippen LogP contribution in [0.15, 0.2) is 29.7 Å². The maximum Gasteiger partial charge on any atom is 0.223 e. The molecular weight excluding hydrogens is 374 g/mol. The lowest BCUT2D eigenvalue weighted by Crippen LogP contribution is -2.42. The van der Waals surface area contributed by atoms with Gasteiger partial charge in [-0.15, -0.1) is 10.2 Å². The SMILES string of the molecule is CC[C@]1(CO)C[C@H]2CC[C@@H]1N2C(=O)CCSc1nnc(-c2ccncc2)n1C. The lowest BCUT2D eigenvalue weighted by atomic mass is 9.72. The highest BCUT2D eigenvalue weighted by molar-refractivity contribution is 7.99. The Morgan fingerprint density at radius 2 is 2.11 bits per heavy atom. The van der Waals surface area contributed by atoms with Gasteiger partial charge < -0.3 is 14.6 Å². The molecule has 28 heavy (non-hydrogen) atoms. The standard InChI is InChI=1S/C20H27N5O2S/c1-3-20(13-26)12-15-4-5-16(20)25(15)17(27)8-11-28-19-23-22-18(24(19)2)14-6-9-21-10-7-14/h6-7,9-10,15-16,26H,3-5,8,11-13H2,1-2H3/t15-,16+,20-/m1/s1. The zero-order chi connectivity index (χ0) is 19.7. The van der Waals surface area contributed by atoms with Crippen molar-refractivity contribution in [1.82, 2.24) is 24.6 Å². The Morgan fingerprint density at radius 3 is 2.79 bits per heavy atom. The normalized spacial score (nSPS) is 26.2. The van der Waals surface area contributed by atoms with E-state index in [1.165, 1.54) is 0 Å². The number of fused-ring (bicyclic) bond motifs is 2. The first-order valence-corrected chi connectivity index (χ1v) is 10.9. The van der Waals surface area contributed by atoms with Crippen molar-refractivity contribution in [3.05, 3.63) is 24.5 Å². The molecule has 2 fully saturated rings. The minimum atomic E-state index is -0.0885. The zero-order valence-electron chi connectivity index (χ0n) is 16.4. The van der Waals surface area contributed by atoms with Crippen LogP contribution >= 0.6 is 11.8 Å². The molecule has 0 radical (unpaired) electrons. The van der Waals surface area contributed by atoms with Crippen LogP contribution in [0.3, 0.4) is 0 Å². The van der Waals surface area contributed by atoms with Crippen molar-refractivity contribution in [1.29, 1.82) is 0 Å². The molecule has 1 N–H and O–H groups in total. The average Bonchev–Trinajstić information content (AvgIpc) is 3.40. The first kappa shape index (κ1) is 19.4. The second kappa shape index (κ2) is 7.83. The number of thioether (sulfide) groups is 1. The molecule has 4 rings (SSSR count). The number of aromatic nitrogens is 4. The Bertz CT molecular complexity index is 836. The van der Waals surface area contributed by atoms with E-state index in [1.807, 2.05) is 23.7 Å². The Hall–Kier alpha value is -1.93. The summed E-state index contributed by atoms with van der Waals surface area (Å²) >= 11 is 1.56. The van der Waals surface area contributed by atoms with Gasteiger partial charge in [0.15, 0.2) is 11.0 Å². The molecule has 3 atom stereocenters. The van der Waals surface area contributed by atoms with Gasteiger partial charge in [0.25, 0.3) is 0 Å². The molecule has 0 aromatic carbocycles. The van der Waals surface area contributed by atoms with Gasteiger partial charge in [0.05, 0.1) is 6.61 Å². The summed E-state index contributed by atoms with van der Waals surface area (Å²) in [6.07, 6.45) is 7.94. The van der Waals surface area contributed by atoms with E-state index in [0.29, 0.717) is 18.2 Å². The monoisotopic (exact) mass is 401 g/mol. The van der Waals surface area contributed by atoms with Gasteiger partial charge in [0.2, 0.25) is 5.91 Å². The summed E-state index contributed by atoms with van der Waals surface area (Å²) in [6, 6.07) is 4.33. The Balaban J connectivity index is 1.36. The molecule has 2 aliphatic rings. The molecule has 1 amide bonds. The molecule has 2 saturated heterocycles. The van der Waals surface area contributed by atoms with Crippen molar-refractivity contribution >= 4 is 17.7 Å². The van der Waals surface area contributed by atoms with Crippen molar-refractivity contribution in [2.75, 3.05) is 12.4 Å². The Labute approximate surface area is 169 Å². The first-order valence-electron chi connectivity index (χ1n) is 9.94. The highest BCUT2D eigenvalue weighted by Gasteiger charge is 2.55. The molecule has 0 unspecified atom stereocenters. The highest BCUT2D eigenvalue weighted by atomic mass is 32.2.